The van der Waals surface area contributed by atoms with Crippen molar-refractivity contribution in [3.63, 3.8) is 0 Å². The summed E-state index contributed by atoms with van der Waals surface area (Å²) in [6.07, 6.45) is -5.06. The molecule has 2 N–H and O–H groups in total. The molecular weight excluding hydrogens is 455 g/mol. The highest BCUT2D eigenvalue weighted by Crippen LogP contribution is 2.35. The fraction of sp³-hybridized carbons (Fsp3) is 0.263. The van der Waals surface area contributed by atoms with Crippen molar-refractivity contribution >= 4 is 32.8 Å². The van der Waals surface area contributed by atoms with Gasteiger partial charge in [0.05, 0.1) is 12.5 Å². The van der Waals surface area contributed by atoms with Crippen LogP contribution in [-0.4, -0.2) is 32.8 Å². The molecule has 0 aliphatic carbocycles. The van der Waals surface area contributed by atoms with Gasteiger partial charge in [-0.1, -0.05) is 28.7 Å². The van der Waals surface area contributed by atoms with Crippen LogP contribution in [0.25, 0.3) is 11.0 Å². The van der Waals surface area contributed by atoms with E-state index in [-0.39, 0.29) is 27.7 Å². The number of fused-ring (bicyclic) bond motifs is 1. The number of aryl methyl sites for hydroxylation is 1. The van der Waals surface area contributed by atoms with Gasteiger partial charge in [-0.15, -0.1) is 0 Å². The molecule has 1 heterocycles. The second-order valence-corrected chi connectivity index (χ2v) is 8.21. The molecule has 9 nitrogen and oxygen atoms in total. The molecule has 3 aromatic rings. The van der Waals surface area contributed by atoms with E-state index in [9.17, 15) is 26.4 Å². The number of nitrogens with two attached hydrogens (primary N) is 1. The van der Waals surface area contributed by atoms with Crippen LogP contribution in [0.5, 0.6) is 5.75 Å². The van der Waals surface area contributed by atoms with E-state index >= 15 is 0 Å². The molecule has 1 aromatic heterocycles. The van der Waals surface area contributed by atoms with Crippen molar-refractivity contribution in [3.05, 3.63) is 47.5 Å². The number of carbonyl (C=O) groups is 1. The Labute approximate surface area is 180 Å². The minimum absolute atomic E-state index is 0.0305. The highest BCUT2D eigenvalue weighted by atomic mass is 32.2. The molecule has 0 aliphatic heterocycles. The van der Waals surface area contributed by atoms with E-state index in [0.717, 1.165) is 0 Å². The van der Waals surface area contributed by atoms with Crippen LogP contribution >= 0.6 is 0 Å². The summed E-state index contributed by atoms with van der Waals surface area (Å²) in [6.45, 7) is 1.79. The normalized spacial score (nSPS) is 12.1. The van der Waals surface area contributed by atoms with E-state index in [1.165, 1.54) is 31.4 Å². The van der Waals surface area contributed by atoms with Crippen molar-refractivity contribution in [3.8, 4) is 5.75 Å². The Kier molecular flexibility index (Phi) is 6.32. The molecule has 0 unspecified atom stereocenters. The molecule has 0 saturated carbocycles. The third-order valence-corrected chi connectivity index (χ3v) is 6.01. The SMILES string of the molecule is CCc1ccc(OC)c(S(=O)(=O)N(OC(=O)C(F)(F)F)c2noc3ccc(CN)cc23)c1. The van der Waals surface area contributed by atoms with E-state index in [0.29, 0.717) is 17.5 Å². The van der Waals surface area contributed by atoms with Gasteiger partial charge in [-0.05, 0) is 41.8 Å². The van der Waals surface area contributed by atoms with Gasteiger partial charge in [-0.25, -0.2) is 4.79 Å². The average molecular weight is 473 g/mol. The van der Waals surface area contributed by atoms with E-state index in [1.54, 1.807) is 19.1 Å². The summed E-state index contributed by atoms with van der Waals surface area (Å²) in [4.78, 5) is 15.4. The number of alkyl halides is 3. The minimum Gasteiger partial charge on any atom is -0.495 e. The summed E-state index contributed by atoms with van der Waals surface area (Å²) in [5.74, 6) is -3.62. The maximum absolute atomic E-state index is 13.4. The topological polar surface area (TPSA) is 125 Å². The predicted octanol–water partition coefficient (Wildman–Crippen LogP) is 3.07. The quantitative estimate of drug-likeness (QED) is 0.519. The number of hydrogen-bond donors (Lipinski definition) is 1. The number of methoxy groups -OCH3 is 1. The number of anilines is 1. The Morgan fingerprint density at radius 2 is 1.88 bits per heavy atom. The summed E-state index contributed by atoms with van der Waals surface area (Å²) in [6, 6.07) is 8.46. The molecular formula is C19H18F3N3O6S. The third-order valence-electron chi connectivity index (χ3n) is 4.45. The molecule has 0 atom stereocenters. The minimum atomic E-state index is -5.48. The Balaban J connectivity index is 2.26. The molecule has 0 saturated heterocycles. The van der Waals surface area contributed by atoms with Gasteiger partial charge in [-0.3, -0.25) is 0 Å². The zero-order valence-electron chi connectivity index (χ0n) is 16.8. The van der Waals surface area contributed by atoms with Gasteiger partial charge in [0.1, 0.15) is 10.6 Å². The molecule has 13 heteroatoms. The third kappa shape index (κ3) is 4.34. The first-order chi connectivity index (χ1) is 15.0. The zero-order chi connectivity index (χ0) is 23.7. The van der Waals surface area contributed by atoms with Gasteiger partial charge in [0, 0.05) is 6.54 Å². The number of ether oxygens (including phenoxy) is 1. The maximum atomic E-state index is 13.4. The number of benzene rings is 2. The van der Waals surface area contributed by atoms with E-state index in [2.05, 4.69) is 9.99 Å². The van der Waals surface area contributed by atoms with Gasteiger partial charge < -0.3 is 19.8 Å². The number of halogens is 3. The first kappa shape index (κ1) is 23.3. The lowest BCUT2D eigenvalue weighted by Crippen LogP contribution is -2.39. The summed E-state index contributed by atoms with van der Waals surface area (Å²) in [7, 11) is -3.77. The van der Waals surface area contributed by atoms with Gasteiger partial charge in [0.25, 0.3) is 0 Å². The standard InChI is InChI=1S/C19H18F3N3O6S/c1-3-11-4-7-15(29-2)16(9-11)32(27,28)25(31-18(26)19(20,21)22)17-13-8-12(10-23)5-6-14(13)30-24-17/h4-9H,3,10,23H2,1-2H3. The van der Waals surface area contributed by atoms with Crippen molar-refractivity contribution < 1.29 is 40.5 Å². The second kappa shape index (κ2) is 8.67. The summed E-state index contributed by atoms with van der Waals surface area (Å²) >= 11 is 0. The van der Waals surface area contributed by atoms with E-state index in [1.807, 2.05) is 0 Å². The van der Waals surface area contributed by atoms with Crippen LogP contribution in [0.3, 0.4) is 0 Å². The number of carbonyl (C=O) groups excluding carboxylic acids is 1. The van der Waals surface area contributed by atoms with Crippen LogP contribution in [0.1, 0.15) is 18.1 Å². The molecule has 2 aromatic carbocycles. The smallest absolute Gasteiger partial charge is 0.493 e. The number of rotatable bonds is 7. The Morgan fingerprint density at radius 3 is 2.47 bits per heavy atom. The number of aromatic nitrogens is 1. The average Bonchev–Trinajstić information content (AvgIpc) is 3.18. The van der Waals surface area contributed by atoms with Crippen molar-refractivity contribution in [2.45, 2.75) is 31.0 Å². The molecule has 0 amide bonds. The van der Waals surface area contributed by atoms with E-state index < -0.39 is 32.9 Å². The second-order valence-electron chi connectivity index (χ2n) is 6.49. The van der Waals surface area contributed by atoms with Crippen LogP contribution in [-0.2, 0) is 32.6 Å². The van der Waals surface area contributed by atoms with Crippen LogP contribution < -0.4 is 14.9 Å². The highest BCUT2D eigenvalue weighted by Gasteiger charge is 2.46. The van der Waals surface area contributed by atoms with Gasteiger partial charge in [0.2, 0.25) is 5.82 Å². The molecule has 3 rings (SSSR count). The van der Waals surface area contributed by atoms with Gasteiger partial charge in [0.15, 0.2) is 5.58 Å². The molecule has 0 radical (unpaired) electrons. The number of hydrogen-bond acceptors (Lipinski definition) is 8. The first-order valence-corrected chi connectivity index (χ1v) is 10.6. The fourth-order valence-electron chi connectivity index (χ4n) is 2.80. The lowest BCUT2D eigenvalue weighted by atomic mass is 10.1. The van der Waals surface area contributed by atoms with Gasteiger partial charge >= 0.3 is 22.2 Å². The Bertz CT molecular complexity index is 1260. The summed E-state index contributed by atoms with van der Waals surface area (Å²) in [5.41, 5.74) is 6.67. The fourth-order valence-corrected chi connectivity index (χ4v) is 4.21. The van der Waals surface area contributed by atoms with Crippen molar-refractivity contribution in [2.24, 2.45) is 5.73 Å². The molecule has 32 heavy (non-hydrogen) atoms. The highest BCUT2D eigenvalue weighted by molar-refractivity contribution is 7.92. The zero-order valence-corrected chi connectivity index (χ0v) is 17.7. The first-order valence-electron chi connectivity index (χ1n) is 9.12. The van der Waals surface area contributed by atoms with Crippen LogP contribution in [0.2, 0.25) is 0 Å². The van der Waals surface area contributed by atoms with Gasteiger partial charge in [-0.2, -0.15) is 21.6 Å². The van der Waals surface area contributed by atoms with Crippen molar-refractivity contribution in [2.75, 3.05) is 11.6 Å². The largest absolute Gasteiger partial charge is 0.495 e. The van der Waals surface area contributed by atoms with Crippen LogP contribution in [0, 0.1) is 0 Å². The molecule has 0 bridgehead atoms. The predicted molar refractivity (Wildman–Crippen MR) is 106 cm³/mol. The summed E-state index contributed by atoms with van der Waals surface area (Å²) in [5, 5.41) is 3.51. The lowest BCUT2D eigenvalue weighted by Gasteiger charge is -2.22. The molecule has 0 aliphatic rings. The molecule has 172 valence electrons. The Hall–Kier alpha value is -3.32. The van der Waals surface area contributed by atoms with Crippen LogP contribution in [0.4, 0.5) is 19.0 Å². The maximum Gasteiger partial charge on any atom is 0.493 e. The van der Waals surface area contributed by atoms with Crippen molar-refractivity contribution in [1.29, 1.82) is 0 Å². The monoisotopic (exact) mass is 473 g/mol. The summed E-state index contributed by atoms with van der Waals surface area (Å²) < 4.78 is 75.6. The lowest BCUT2D eigenvalue weighted by molar-refractivity contribution is -0.199. The van der Waals surface area contributed by atoms with Crippen LogP contribution in [0.15, 0.2) is 45.8 Å². The molecule has 0 spiro atoms. The molecule has 0 fully saturated rings. The number of sulfonamides is 1. The van der Waals surface area contributed by atoms with E-state index in [4.69, 9.17) is 15.0 Å². The van der Waals surface area contributed by atoms with Crippen molar-refractivity contribution in [1.82, 2.24) is 5.16 Å². The Morgan fingerprint density at radius 1 is 1.19 bits per heavy atom. The number of nitrogens with zero attached hydrogens (tertiary/aromatic N) is 2.